The fraction of sp³-hybridized carbons (Fsp3) is 1.00. The van der Waals surface area contributed by atoms with Crippen molar-refractivity contribution < 1.29 is 9.47 Å². The summed E-state index contributed by atoms with van der Waals surface area (Å²) in [4.78, 5) is 0. The van der Waals surface area contributed by atoms with Crippen LogP contribution >= 0.6 is 0 Å². The SMILES string of the molecule is CC(C)NCC1COC(C)(C)O1. The second-order valence-corrected chi connectivity index (χ2v) is 4.01. The van der Waals surface area contributed by atoms with Gasteiger partial charge in [0.1, 0.15) is 0 Å². The molecule has 0 aromatic rings. The Bertz CT molecular complexity index is 145. The van der Waals surface area contributed by atoms with Crippen LogP contribution in [0.15, 0.2) is 0 Å². The van der Waals surface area contributed by atoms with Crippen LogP contribution in [0.25, 0.3) is 0 Å². The van der Waals surface area contributed by atoms with E-state index in [9.17, 15) is 0 Å². The Hall–Kier alpha value is -0.120. The van der Waals surface area contributed by atoms with Crippen molar-refractivity contribution >= 4 is 0 Å². The molecule has 1 aliphatic rings. The van der Waals surface area contributed by atoms with E-state index in [0.29, 0.717) is 12.6 Å². The average Bonchev–Trinajstić information content (AvgIpc) is 2.26. The van der Waals surface area contributed by atoms with Crippen molar-refractivity contribution in [3.63, 3.8) is 0 Å². The van der Waals surface area contributed by atoms with E-state index in [4.69, 9.17) is 9.47 Å². The summed E-state index contributed by atoms with van der Waals surface area (Å²) in [5.41, 5.74) is 0. The van der Waals surface area contributed by atoms with Crippen molar-refractivity contribution in [3.8, 4) is 0 Å². The van der Waals surface area contributed by atoms with Crippen LogP contribution in [0, 0.1) is 0 Å². The van der Waals surface area contributed by atoms with Crippen molar-refractivity contribution in [2.45, 2.75) is 45.6 Å². The minimum atomic E-state index is -0.386. The first-order valence-electron chi connectivity index (χ1n) is 4.55. The van der Waals surface area contributed by atoms with E-state index in [1.807, 2.05) is 13.8 Å². The van der Waals surface area contributed by atoms with Crippen LogP contribution < -0.4 is 5.32 Å². The molecule has 1 heterocycles. The molecule has 1 saturated heterocycles. The molecule has 0 bridgehead atoms. The molecule has 0 saturated carbocycles. The molecule has 1 fully saturated rings. The maximum Gasteiger partial charge on any atom is 0.163 e. The minimum absolute atomic E-state index is 0.211. The topological polar surface area (TPSA) is 30.5 Å². The lowest BCUT2D eigenvalue weighted by Gasteiger charge is -2.17. The van der Waals surface area contributed by atoms with Gasteiger partial charge >= 0.3 is 0 Å². The van der Waals surface area contributed by atoms with Gasteiger partial charge in [-0.25, -0.2) is 0 Å². The fourth-order valence-corrected chi connectivity index (χ4v) is 1.23. The fourth-order valence-electron chi connectivity index (χ4n) is 1.23. The van der Waals surface area contributed by atoms with Gasteiger partial charge in [-0.05, 0) is 13.8 Å². The molecule has 0 aromatic heterocycles. The highest BCUT2D eigenvalue weighted by Gasteiger charge is 2.32. The molecule has 0 amide bonds. The first-order chi connectivity index (χ1) is 5.49. The summed E-state index contributed by atoms with van der Waals surface area (Å²) >= 11 is 0. The summed E-state index contributed by atoms with van der Waals surface area (Å²) < 4.78 is 11.0. The van der Waals surface area contributed by atoms with Crippen LogP contribution in [-0.2, 0) is 9.47 Å². The van der Waals surface area contributed by atoms with Gasteiger partial charge in [-0.2, -0.15) is 0 Å². The van der Waals surface area contributed by atoms with Crippen LogP contribution in [-0.4, -0.2) is 31.1 Å². The molecule has 1 aliphatic heterocycles. The maximum absolute atomic E-state index is 5.61. The van der Waals surface area contributed by atoms with E-state index < -0.39 is 0 Å². The van der Waals surface area contributed by atoms with E-state index in [-0.39, 0.29) is 11.9 Å². The van der Waals surface area contributed by atoms with Gasteiger partial charge in [0.05, 0.1) is 12.7 Å². The van der Waals surface area contributed by atoms with Gasteiger partial charge in [-0.3, -0.25) is 0 Å². The summed E-state index contributed by atoms with van der Waals surface area (Å²) in [5, 5.41) is 3.32. The highest BCUT2D eigenvalue weighted by molar-refractivity contribution is 4.73. The van der Waals surface area contributed by atoms with Crippen LogP contribution in [0.3, 0.4) is 0 Å². The van der Waals surface area contributed by atoms with E-state index in [1.165, 1.54) is 0 Å². The number of nitrogens with one attached hydrogen (secondary N) is 1. The minimum Gasteiger partial charge on any atom is -0.348 e. The molecular formula is C9H19NO2. The van der Waals surface area contributed by atoms with Gasteiger partial charge in [0.15, 0.2) is 5.79 Å². The van der Waals surface area contributed by atoms with E-state index in [1.54, 1.807) is 0 Å². The standard InChI is InChI=1S/C9H19NO2/c1-7(2)10-5-8-6-11-9(3,4)12-8/h7-8,10H,5-6H2,1-4H3. The van der Waals surface area contributed by atoms with Crippen LogP contribution in [0.2, 0.25) is 0 Å². The molecule has 1 N–H and O–H groups in total. The second-order valence-electron chi connectivity index (χ2n) is 4.01. The smallest absolute Gasteiger partial charge is 0.163 e. The molecule has 3 heteroatoms. The summed E-state index contributed by atoms with van der Waals surface area (Å²) in [6, 6.07) is 0.511. The van der Waals surface area contributed by atoms with Crippen molar-refractivity contribution in [2.24, 2.45) is 0 Å². The zero-order chi connectivity index (χ0) is 9.19. The largest absolute Gasteiger partial charge is 0.348 e. The van der Waals surface area contributed by atoms with E-state index >= 15 is 0 Å². The molecule has 72 valence electrons. The summed E-state index contributed by atoms with van der Waals surface area (Å²) in [6.45, 7) is 9.72. The lowest BCUT2D eigenvalue weighted by atomic mass is 10.3. The van der Waals surface area contributed by atoms with Gasteiger partial charge in [-0.1, -0.05) is 13.8 Å². The Kier molecular flexibility index (Phi) is 3.09. The van der Waals surface area contributed by atoms with Crippen molar-refractivity contribution in [1.82, 2.24) is 5.32 Å². The van der Waals surface area contributed by atoms with Crippen LogP contribution in [0.1, 0.15) is 27.7 Å². The zero-order valence-electron chi connectivity index (χ0n) is 8.39. The Morgan fingerprint density at radius 2 is 2.17 bits per heavy atom. The molecule has 1 rings (SSSR count). The normalized spacial score (nSPS) is 28.2. The zero-order valence-corrected chi connectivity index (χ0v) is 8.39. The Balaban J connectivity index is 2.20. The second kappa shape index (κ2) is 3.73. The Labute approximate surface area is 74.4 Å². The highest BCUT2D eigenvalue weighted by atomic mass is 16.7. The molecular weight excluding hydrogens is 154 g/mol. The summed E-state index contributed by atoms with van der Waals surface area (Å²) in [5.74, 6) is -0.386. The van der Waals surface area contributed by atoms with Gasteiger partial charge < -0.3 is 14.8 Å². The predicted octanol–water partition coefficient (Wildman–Crippen LogP) is 1.14. The van der Waals surface area contributed by atoms with E-state index in [0.717, 1.165) is 6.54 Å². The molecule has 3 nitrogen and oxygen atoms in total. The number of hydrogen-bond donors (Lipinski definition) is 1. The molecule has 1 atom stereocenters. The third-order valence-corrected chi connectivity index (χ3v) is 1.82. The van der Waals surface area contributed by atoms with Crippen LogP contribution in [0.4, 0.5) is 0 Å². The lowest BCUT2D eigenvalue weighted by Crippen LogP contribution is -2.34. The molecule has 12 heavy (non-hydrogen) atoms. The molecule has 1 unspecified atom stereocenters. The Morgan fingerprint density at radius 3 is 2.58 bits per heavy atom. The lowest BCUT2D eigenvalue weighted by molar-refractivity contribution is -0.137. The van der Waals surface area contributed by atoms with Crippen molar-refractivity contribution in [3.05, 3.63) is 0 Å². The number of ether oxygens (including phenoxy) is 2. The van der Waals surface area contributed by atoms with Crippen molar-refractivity contribution in [2.75, 3.05) is 13.2 Å². The monoisotopic (exact) mass is 173 g/mol. The third-order valence-electron chi connectivity index (χ3n) is 1.82. The van der Waals surface area contributed by atoms with E-state index in [2.05, 4.69) is 19.2 Å². The van der Waals surface area contributed by atoms with Crippen molar-refractivity contribution in [1.29, 1.82) is 0 Å². The number of rotatable bonds is 3. The predicted molar refractivity (Wildman–Crippen MR) is 48.0 cm³/mol. The first kappa shape index (κ1) is 9.96. The first-order valence-corrected chi connectivity index (χ1v) is 4.55. The van der Waals surface area contributed by atoms with Gasteiger partial charge in [0.2, 0.25) is 0 Å². The molecule has 0 aromatic carbocycles. The average molecular weight is 173 g/mol. The highest BCUT2D eigenvalue weighted by Crippen LogP contribution is 2.21. The molecule has 0 radical (unpaired) electrons. The molecule has 0 aliphatic carbocycles. The van der Waals surface area contributed by atoms with Gasteiger partial charge in [-0.15, -0.1) is 0 Å². The third kappa shape index (κ3) is 3.09. The molecule has 0 spiro atoms. The van der Waals surface area contributed by atoms with Crippen LogP contribution in [0.5, 0.6) is 0 Å². The number of hydrogen-bond acceptors (Lipinski definition) is 3. The maximum atomic E-state index is 5.61. The van der Waals surface area contributed by atoms with Gasteiger partial charge in [0.25, 0.3) is 0 Å². The quantitative estimate of drug-likeness (QED) is 0.694. The summed E-state index contributed by atoms with van der Waals surface area (Å²) in [6.07, 6.45) is 0.211. The van der Waals surface area contributed by atoms with Gasteiger partial charge in [0, 0.05) is 12.6 Å². The Morgan fingerprint density at radius 1 is 1.50 bits per heavy atom. The summed E-state index contributed by atoms with van der Waals surface area (Å²) in [7, 11) is 0.